The normalized spacial score (nSPS) is 42.6. The van der Waals surface area contributed by atoms with Gasteiger partial charge in [-0.05, 0) is 85.6 Å². The molecule has 1 saturated heterocycles. The fourth-order valence-electron chi connectivity index (χ4n) is 6.94. The van der Waals surface area contributed by atoms with Gasteiger partial charge >= 0.3 is 0 Å². The van der Waals surface area contributed by atoms with E-state index in [4.69, 9.17) is 0 Å². The van der Waals surface area contributed by atoms with E-state index in [0.717, 1.165) is 29.7 Å². The predicted molar refractivity (Wildman–Crippen MR) is 102 cm³/mol. The Kier molecular flexibility index (Phi) is 3.71. The Morgan fingerprint density at radius 2 is 2.12 bits per heavy atom. The molecule has 2 bridgehead atoms. The highest BCUT2D eigenvalue weighted by Crippen LogP contribution is 2.58. The minimum atomic E-state index is 0.346. The number of piperidine rings is 1. The molecule has 3 aliphatic carbocycles. The molecular formula is C23H33NO. The van der Waals surface area contributed by atoms with Crippen molar-refractivity contribution >= 4 is 0 Å². The molecule has 2 heteroatoms. The second-order valence-corrected chi connectivity index (χ2v) is 9.67. The lowest BCUT2D eigenvalue weighted by Gasteiger charge is -2.60. The first-order valence-electron chi connectivity index (χ1n) is 10.7. The van der Waals surface area contributed by atoms with E-state index in [1.54, 1.807) is 0 Å². The van der Waals surface area contributed by atoms with Gasteiger partial charge in [0.1, 0.15) is 5.75 Å². The summed E-state index contributed by atoms with van der Waals surface area (Å²) < 4.78 is 0. The Morgan fingerprint density at radius 1 is 1.24 bits per heavy atom. The number of nitrogens with zero attached hydrogens (tertiary/aromatic N) is 1. The molecule has 2 saturated carbocycles. The molecular weight excluding hydrogens is 306 g/mol. The summed E-state index contributed by atoms with van der Waals surface area (Å²) in [6.07, 6.45) is 9.47. The average Bonchev–Trinajstić information content (AvgIpc) is 3.36. The van der Waals surface area contributed by atoms with Crippen LogP contribution in [-0.4, -0.2) is 29.1 Å². The monoisotopic (exact) mass is 339 g/mol. The van der Waals surface area contributed by atoms with Crippen molar-refractivity contribution in [1.82, 2.24) is 4.90 Å². The Morgan fingerprint density at radius 3 is 2.92 bits per heavy atom. The van der Waals surface area contributed by atoms with Crippen molar-refractivity contribution in [2.45, 2.75) is 70.3 Å². The quantitative estimate of drug-likeness (QED) is 0.859. The maximum atomic E-state index is 10.2. The van der Waals surface area contributed by atoms with Crippen LogP contribution in [-0.2, 0) is 11.8 Å². The largest absolute Gasteiger partial charge is 0.508 e. The van der Waals surface area contributed by atoms with Gasteiger partial charge in [-0.15, -0.1) is 0 Å². The molecule has 2 nitrogen and oxygen atoms in total. The zero-order chi connectivity index (χ0) is 17.2. The molecule has 1 N–H and O–H groups in total. The minimum Gasteiger partial charge on any atom is -0.508 e. The summed E-state index contributed by atoms with van der Waals surface area (Å²) in [7, 11) is 0. The van der Waals surface area contributed by atoms with Gasteiger partial charge in [0.2, 0.25) is 0 Å². The van der Waals surface area contributed by atoms with Crippen molar-refractivity contribution < 1.29 is 5.11 Å². The van der Waals surface area contributed by atoms with Crippen LogP contribution in [0.5, 0.6) is 5.75 Å². The molecule has 1 aliphatic heterocycles. The number of phenolic OH excluding ortho intramolecular Hbond substituents is 1. The average molecular weight is 340 g/mol. The first kappa shape index (κ1) is 16.2. The van der Waals surface area contributed by atoms with E-state index in [1.807, 2.05) is 6.07 Å². The number of fused-ring (bicyclic) bond motifs is 1. The van der Waals surface area contributed by atoms with Gasteiger partial charge in [-0.2, -0.15) is 0 Å². The summed E-state index contributed by atoms with van der Waals surface area (Å²) in [6, 6.07) is 7.01. The molecule has 1 aromatic carbocycles. The number of benzene rings is 1. The molecule has 1 heterocycles. The fourth-order valence-corrected chi connectivity index (χ4v) is 6.94. The van der Waals surface area contributed by atoms with Crippen molar-refractivity contribution in [3.8, 4) is 5.75 Å². The molecule has 6 atom stereocenters. The highest BCUT2D eigenvalue weighted by molar-refractivity contribution is 5.45. The summed E-state index contributed by atoms with van der Waals surface area (Å²) in [5.41, 5.74) is 3.39. The van der Waals surface area contributed by atoms with Crippen LogP contribution >= 0.6 is 0 Å². The molecule has 4 aliphatic rings. The second-order valence-electron chi connectivity index (χ2n) is 9.67. The number of hydrogen-bond acceptors (Lipinski definition) is 2. The molecule has 2 unspecified atom stereocenters. The van der Waals surface area contributed by atoms with Crippen molar-refractivity contribution in [3.05, 3.63) is 29.3 Å². The third kappa shape index (κ3) is 2.47. The van der Waals surface area contributed by atoms with E-state index < -0.39 is 0 Å². The standard InChI is InChI=1S/C23H33NO/c1-3-16-10-18(16)14-24-9-8-23-13-15(2)4-7-20(23)22(24)11-17-5-6-19(25)12-21(17)23/h5-6,12,15-16,18,20,22,25H,3-4,7-11,13-14H2,1-2H3/t15-,16?,18?,20-,22+,23-/m0/s1. The van der Waals surface area contributed by atoms with Crippen LogP contribution < -0.4 is 0 Å². The van der Waals surface area contributed by atoms with Gasteiger partial charge in [-0.3, -0.25) is 4.90 Å². The van der Waals surface area contributed by atoms with Crippen molar-refractivity contribution in [3.63, 3.8) is 0 Å². The molecule has 0 amide bonds. The lowest BCUT2D eigenvalue weighted by atomic mass is 9.51. The lowest BCUT2D eigenvalue weighted by molar-refractivity contribution is -0.0259. The van der Waals surface area contributed by atoms with Gasteiger partial charge in [-0.25, -0.2) is 0 Å². The van der Waals surface area contributed by atoms with Crippen molar-refractivity contribution in [2.75, 3.05) is 13.1 Å². The number of likely N-dealkylation sites (tertiary alicyclic amines) is 1. The van der Waals surface area contributed by atoms with Gasteiger partial charge in [0.05, 0.1) is 0 Å². The summed E-state index contributed by atoms with van der Waals surface area (Å²) in [5.74, 6) is 4.08. The first-order valence-corrected chi connectivity index (χ1v) is 10.7. The zero-order valence-corrected chi connectivity index (χ0v) is 15.9. The highest BCUT2D eigenvalue weighted by Gasteiger charge is 2.55. The van der Waals surface area contributed by atoms with Crippen LogP contribution in [0.4, 0.5) is 0 Å². The smallest absolute Gasteiger partial charge is 0.115 e. The molecule has 0 radical (unpaired) electrons. The number of aromatic hydroxyl groups is 1. The van der Waals surface area contributed by atoms with E-state index in [9.17, 15) is 5.11 Å². The zero-order valence-electron chi connectivity index (χ0n) is 15.9. The van der Waals surface area contributed by atoms with Gasteiger partial charge < -0.3 is 5.11 Å². The van der Waals surface area contributed by atoms with Crippen molar-refractivity contribution in [2.24, 2.45) is 23.7 Å². The Balaban J connectivity index is 1.50. The van der Waals surface area contributed by atoms with Crippen molar-refractivity contribution in [1.29, 1.82) is 0 Å². The molecule has 0 aromatic heterocycles. The summed E-state index contributed by atoms with van der Waals surface area (Å²) in [4.78, 5) is 2.88. The van der Waals surface area contributed by atoms with Crippen LogP contribution in [0.3, 0.4) is 0 Å². The third-order valence-corrected chi connectivity index (χ3v) is 8.29. The van der Waals surface area contributed by atoms with E-state index in [0.29, 0.717) is 11.2 Å². The van der Waals surface area contributed by atoms with Gasteiger partial charge in [0.15, 0.2) is 0 Å². The molecule has 136 valence electrons. The van der Waals surface area contributed by atoms with E-state index in [1.165, 1.54) is 69.2 Å². The summed E-state index contributed by atoms with van der Waals surface area (Å²) in [6.45, 7) is 7.42. The van der Waals surface area contributed by atoms with E-state index in [-0.39, 0.29) is 0 Å². The Hall–Kier alpha value is -1.02. The van der Waals surface area contributed by atoms with Crippen LogP contribution in [0.2, 0.25) is 0 Å². The maximum absolute atomic E-state index is 10.2. The highest BCUT2D eigenvalue weighted by atomic mass is 16.3. The second kappa shape index (κ2) is 5.74. The summed E-state index contributed by atoms with van der Waals surface area (Å²) in [5, 5.41) is 10.2. The van der Waals surface area contributed by atoms with Gasteiger partial charge in [0, 0.05) is 18.0 Å². The first-order chi connectivity index (χ1) is 12.1. The fraction of sp³-hybridized carbons (Fsp3) is 0.739. The van der Waals surface area contributed by atoms with E-state index in [2.05, 4.69) is 30.9 Å². The van der Waals surface area contributed by atoms with Gasteiger partial charge in [-0.1, -0.05) is 32.8 Å². The topological polar surface area (TPSA) is 23.5 Å². The lowest BCUT2D eigenvalue weighted by Crippen LogP contribution is -2.61. The molecule has 1 aromatic rings. The third-order valence-electron chi connectivity index (χ3n) is 8.29. The Bertz CT molecular complexity index is 670. The number of phenols is 1. The number of hydrogen-bond donors (Lipinski definition) is 1. The Labute approximate surface area is 152 Å². The molecule has 3 fully saturated rings. The molecule has 25 heavy (non-hydrogen) atoms. The maximum Gasteiger partial charge on any atom is 0.115 e. The SMILES string of the molecule is CCC1CC1CN1CC[C@]23C[C@@H](C)CC[C@H]2[C@H]1Cc1ccc(O)cc13. The van der Waals surface area contributed by atoms with Crippen LogP contribution in [0.15, 0.2) is 18.2 Å². The summed E-state index contributed by atoms with van der Waals surface area (Å²) >= 11 is 0. The van der Waals surface area contributed by atoms with E-state index >= 15 is 0 Å². The van der Waals surface area contributed by atoms with Crippen LogP contribution in [0.1, 0.15) is 63.5 Å². The van der Waals surface area contributed by atoms with Gasteiger partial charge in [0.25, 0.3) is 0 Å². The van der Waals surface area contributed by atoms with Crippen LogP contribution in [0, 0.1) is 23.7 Å². The predicted octanol–water partition coefficient (Wildman–Crippen LogP) is 4.74. The molecule has 5 rings (SSSR count). The molecule has 0 spiro atoms. The van der Waals surface area contributed by atoms with Crippen LogP contribution in [0.25, 0.3) is 0 Å². The minimum absolute atomic E-state index is 0.346. The number of rotatable bonds is 3.